The van der Waals surface area contributed by atoms with Crippen molar-refractivity contribution in [3.05, 3.63) is 82.3 Å². The minimum atomic E-state index is -0.485. The Hall–Kier alpha value is -3.48. The van der Waals surface area contributed by atoms with Crippen LogP contribution in [0.2, 0.25) is 0 Å². The molecule has 0 aliphatic heterocycles. The van der Waals surface area contributed by atoms with Crippen LogP contribution in [0.15, 0.2) is 60.8 Å². The molecule has 3 aromatic rings. The topological polar surface area (TPSA) is 101 Å². The van der Waals surface area contributed by atoms with Crippen molar-refractivity contribution < 1.29 is 9.72 Å². The number of hydrogen-bond acceptors (Lipinski definition) is 4. The second-order valence-corrected chi connectivity index (χ2v) is 5.45. The molecule has 2 N–H and O–H groups in total. The summed E-state index contributed by atoms with van der Waals surface area (Å²) in [6.07, 6.45) is 1.66. The molecular weight excluding hydrogens is 320 g/mol. The van der Waals surface area contributed by atoms with Crippen LogP contribution in [-0.4, -0.2) is 20.8 Å². The summed E-state index contributed by atoms with van der Waals surface area (Å²) in [7, 11) is 0. The van der Waals surface area contributed by atoms with Gasteiger partial charge in [0.05, 0.1) is 29.8 Å². The summed E-state index contributed by atoms with van der Waals surface area (Å²) in [5, 5.41) is 13.7. The number of carbonyl (C=O) groups excluding carboxylic acids is 1. The molecule has 126 valence electrons. The van der Waals surface area contributed by atoms with E-state index in [1.165, 1.54) is 6.07 Å². The van der Waals surface area contributed by atoms with Gasteiger partial charge in [-0.25, -0.2) is 4.98 Å². The highest BCUT2D eigenvalue weighted by molar-refractivity contribution is 5.79. The molecule has 0 unspecified atom stereocenters. The molecule has 0 saturated carbocycles. The zero-order valence-corrected chi connectivity index (χ0v) is 13.3. The number of aromatic nitrogens is 2. The van der Waals surface area contributed by atoms with Crippen LogP contribution >= 0.6 is 0 Å². The van der Waals surface area contributed by atoms with Crippen molar-refractivity contribution in [3.63, 3.8) is 0 Å². The Morgan fingerprint density at radius 3 is 2.60 bits per heavy atom. The molecule has 0 fully saturated rings. The van der Waals surface area contributed by atoms with Gasteiger partial charge in [-0.2, -0.15) is 0 Å². The van der Waals surface area contributed by atoms with E-state index in [1.807, 2.05) is 30.3 Å². The zero-order chi connectivity index (χ0) is 17.6. The molecule has 0 aliphatic rings. The number of nitro benzene ring substituents is 1. The molecule has 0 saturated heterocycles. The summed E-state index contributed by atoms with van der Waals surface area (Å²) >= 11 is 0. The summed E-state index contributed by atoms with van der Waals surface area (Å²) in [4.78, 5) is 29.9. The van der Waals surface area contributed by atoms with E-state index < -0.39 is 4.92 Å². The first-order valence-electron chi connectivity index (χ1n) is 7.72. The summed E-state index contributed by atoms with van der Waals surface area (Å²) in [5.74, 6) is 0.321. The minimum Gasteiger partial charge on any atom is -0.349 e. The third-order valence-electron chi connectivity index (χ3n) is 3.71. The Bertz CT molecular complexity index is 890. The van der Waals surface area contributed by atoms with Crippen molar-refractivity contribution in [1.29, 1.82) is 0 Å². The molecule has 2 aromatic carbocycles. The molecule has 1 heterocycles. The highest BCUT2D eigenvalue weighted by atomic mass is 16.6. The fourth-order valence-electron chi connectivity index (χ4n) is 2.47. The van der Waals surface area contributed by atoms with Crippen LogP contribution in [0.4, 0.5) is 5.69 Å². The molecule has 3 rings (SSSR count). The summed E-state index contributed by atoms with van der Waals surface area (Å²) in [6, 6.07) is 16.0. The number of H-pyrrole nitrogens is 1. The molecule has 25 heavy (non-hydrogen) atoms. The number of imidazole rings is 1. The Balaban J connectivity index is 1.60. The Labute approximate surface area is 143 Å². The van der Waals surface area contributed by atoms with E-state index in [9.17, 15) is 14.9 Å². The molecular formula is C18H16N4O3. The molecule has 0 radical (unpaired) electrons. The Morgan fingerprint density at radius 1 is 1.12 bits per heavy atom. The molecule has 7 heteroatoms. The maximum atomic E-state index is 12.1. The van der Waals surface area contributed by atoms with Crippen molar-refractivity contribution in [1.82, 2.24) is 15.3 Å². The third kappa shape index (κ3) is 4.08. The van der Waals surface area contributed by atoms with Crippen LogP contribution in [0, 0.1) is 10.1 Å². The number of hydrogen-bond donors (Lipinski definition) is 2. The lowest BCUT2D eigenvalue weighted by atomic mass is 10.1. The Morgan fingerprint density at radius 2 is 1.84 bits per heavy atom. The van der Waals surface area contributed by atoms with Gasteiger partial charge in [0.2, 0.25) is 5.91 Å². The van der Waals surface area contributed by atoms with E-state index >= 15 is 0 Å². The minimum absolute atomic E-state index is 0.0522. The van der Waals surface area contributed by atoms with Gasteiger partial charge in [-0.05, 0) is 5.56 Å². The SMILES string of the molecule is O=C(Cc1ccccc1[N+](=O)[O-])NCc1ncc(-c2ccccc2)[nH]1. The predicted octanol–water partition coefficient (Wildman–Crippen LogP) is 2.84. The number of nitro groups is 1. The van der Waals surface area contributed by atoms with Crippen LogP contribution < -0.4 is 5.32 Å². The number of para-hydroxylation sites is 1. The van der Waals surface area contributed by atoms with Crippen molar-refractivity contribution >= 4 is 11.6 Å². The van der Waals surface area contributed by atoms with E-state index in [1.54, 1.807) is 24.4 Å². The molecule has 7 nitrogen and oxygen atoms in total. The van der Waals surface area contributed by atoms with Crippen LogP contribution in [0.1, 0.15) is 11.4 Å². The molecule has 0 spiro atoms. The predicted molar refractivity (Wildman–Crippen MR) is 92.7 cm³/mol. The average Bonchev–Trinajstić information content (AvgIpc) is 3.10. The van der Waals surface area contributed by atoms with Crippen LogP contribution in [0.25, 0.3) is 11.3 Å². The van der Waals surface area contributed by atoms with E-state index in [0.717, 1.165) is 11.3 Å². The van der Waals surface area contributed by atoms with Gasteiger partial charge in [0.25, 0.3) is 5.69 Å². The molecule has 0 bridgehead atoms. The van der Waals surface area contributed by atoms with Crippen LogP contribution in [0.5, 0.6) is 0 Å². The number of benzene rings is 2. The lowest BCUT2D eigenvalue weighted by molar-refractivity contribution is -0.385. The van der Waals surface area contributed by atoms with Gasteiger partial charge >= 0.3 is 0 Å². The maximum Gasteiger partial charge on any atom is 0.273 e. The molecule has 0 atom stereocenters. The first kappa shape index (κ1) is 16.4. The van der Waals surface area contributed by atoms with E-state index in [0.29, 0.717) is 11.4 Å². The number of rotatable bonds is 6. The van der Waals surface area contributed by atoms with Gasteiger partial charge < -0.3 is 10.3 Å². The smallest absolute Gasteiger partial charge is 0.273 e. The zero-order valence-electron chi connectivity index (χ0n) is 13.3. The van der Waals surface area contributed by atoms with E-state index in [-0.39, 0.29) is 24.6 Å². The first-order chi connectivity index (χ1) is 12.1. The summed E-state index contributed by atoms with van der Waals surface area (Å²) < 4.78 is 0. The van der Waals surface area contributed by atoms with Gasteiger partial charge in [0.1, 0.15) is 5.82 Å². The summed E-state index contributed by atoms with van der Waals surface area (Å²) in [6.45, 7) is 0.228. The van der Waals surface area contributed by atoms with Crippen LogP contribution in [0.3, 0.4) is 0 Å². The lowest BCUT2D eigenvalue weighted by Gasteiger charge is -2.04. The standard InChI is InChI=1S/C18H16N4O3/c23-18(10-14-8-4-5-9-16(14)22(24)25)20-12-17-19-11-15(21-17)13-6-2-1-3-7-13/h1-9,11H,10,12H2,(H,19,21)(H,20,23). The normalized spacial score (nSPS) is 10.4. The quantitative estimate of drug-likeness (QED) is 0.534. The van der Waals surface area contributed by atoms with Crippen molar-refractivity contribution in [3.8, 4) is 11.3 Å². The number of aromatic amines is 1. The van der Waals surface area contributed by atoms with E-state index in [2.05, 4.69) is 15.3 Å². The van der Waals surface area contributed by atoms with E-state index in [4.69, 9.17) is 0 Å². The molecule has 0 aliphatic carbocycles. The summed E-state index contributed by atoms with van der Waals surface area (Å²) in [5.41, 5.74) is 2.20. The number of nitrogens with zero attached hydrogens (tertiary/aromatic N) is 2. The second kappa shape index (κ2) is 7.39. The fourth-order valence-corrected chi connectivity index (χ4v) is 2.47. The number of nitrogens with one attached hydrogen (secondary N) is 2. The van der Waals surface area contributed by atoms with Gasteiger partial charge in [-0.1, -0.05) is 48.5 Å². The average molecular weight is 336 g/mol. The molecule has 1 aromatic heterocycles. The highest BCUT2D eigenvalue weighted by Gasteiger charge is 2.15. The van der Waals surface area contributed by atoms with Gasteiger partial charge in [-0.3, -0.25) is 14.9 Å². The van der Waals surface area contributed by atoms with Gasteiger partial charge in [0.15, 0.2) is 0 Å². The largest absolute Gasteiger partial charge is 0.349 e. The van der Waals surface area contributed by atoms with Gasteiger partial charge in [-0.15, -0.1) is 0 Å². The third-order valence-corrected chi connectivity index (χ3v) is 3.71. The maximum absolute atomic E-state index is 12.1. The second-order valence-electron chi connectivity index (χ2n) is 5.45. The fraction of sp³-hybridized carbons (Fsp3) is 0.111. The number of amides is 1. The first-order valence-corrected chi connectivity index (χ1v) is 7.72. The monoisotopic (exact) mass is 336 g/mol. The van der Waals surface area contributed by atoms with Crippen molar-refractivity contribution in [2.45, 2.75) is 13.0 Å². The van der Waals surface area contributed by atoms with Crippen LogP contribution in [-0.2, 0) is 17.8 Å². The lowest BCUT2D eigenvalue weighted by Crippen LogP contribution is -2.25. The highest BCUT2D eigenvalue weighted by Crippen LogP contribution is 2.18. The van der Waals surface area contributed by atoms with Crippen molar-refractivity contribution in [2.75, 3.05) is 0 Å². The van der Waals surface area contributed by atoms with Gasteiger partial charge in [0, 0.05) is 11.6 Å². The number of carbonyl (C=O) groups is 1. The Kier molecular flexibility index (Phi) is 4.84. The molecule has 1 amide bonds. The van der Waals surface area contributed by atoms with Crippen molar-refractivity contribution in [2.24, 2.45) is 0 Å².